The fraction of sp³-hybridized carbons (Fsp3) is 0.222. The van der Waals surface area contributed by atoms with Crippen molar-refractivity contribution in [3.63, 3.8) is 0 Å². The lowest BCUT2D eigenvalue weighted by Gasteiger charge is -2.29. The average molecular weight is 498 g/mol. The van der Waals surface area contributed by atoms with Gasteiger partial charge in [0, 0.05) is 29.4 Å². The fourth-order valence-electron chi connectivity index (χ4n) is 4.87. The molecule has 0 radical (unpaired) electrons. The van der Waals surface area contributed by atoms with Crippen molar-refractivity contribution in [1.29, 1.82) is 0 Å². The number of aryl methyl sites for hydroxylation is 1. The van der Waals surface area contributed by atoms with Gasteiger partial charge in [0.25, 0.3) is 11.1 Å². The Morgan fingerprint density at radius 1 is 1.08 bits per heavy atom. The molecule has 2 aromatic heterocycles. The minimum Gasteiger partial charge on any atom is -0.497 e. The molecule has 1 amide bonds. The minimum atomic E-state index is -0.178. The van der Waals surface area contributed by atoms with Gasteiger partial charge in [0.05, 0.1) is 24.6 Å². The predicted molar refractivity (Wildman–Crippen MR) is 136 cm³/mol. The molecule has 0 saturated carbocycles. The van der Waals surface area contributed by atoms with Crippen molar-refractivity contribution >= 4 is 23.4 Å². The van der Waals surface area contributed by atoms with Gasteiger partial charge < -0.3 is 9.15 Å². The molecular weight excluding hydrogens is 474 g/mol. The van der Waals surface area contributed by atoms with Crippen molar-refractivity contribution in [2.45, 2.75) is 24.1 Å². The largest absolute Gasteiger partial charge is 0.497 e. The molecule has 0 saturated heterocycles. The molecule has 8 nitrogen and oxygen atoms in total. The second-order valence-electron chi connectivity index (χ2n) is 8.64. The first-order valence-corrected chi connectivity index (χ1v) is 12.7. The van der Waals surface area contributed by atoms with Crippen LogP contribution in [0.25, 0.3) is 11.5 Å². The summed E-state index contributed by atoms with van der Waals surface area (Å²) in [5.41, 5.74) is 5.21. The molecule has 2 aliphatic rings. The third-order valence-corrected chi connectivity index (χ3v) is 7.40. The Morgan fingerprint density at radius 2 is 1.89 bits per heavy atom. The number of fused-ring (bicyclic) bond motifs is 3. The van der Waals surface area contributed by atoms with Gasteiger partial charge in [0.1, 0.15) is 5.75 Å². The minimum absolute atomic E-state index is 0.108. The van der Waals surface area contributed by atoms with Crippen LogP contribution >= 0.6 is 11.8 Å². The summed E-state index contributed by atoms with van der Waals surface area (Å²) in [5.74, 6) is 1.33. The third-order valence-electron chi connectivity index (χ3n) is 6.60. The summed E-state index contributed by atoms with van der Waals surface area (Å²) in [4.78, 5) is 17.5. The molecule has 6 rings (SSSR count). The molecule has 2 atom stereocenters. The Bertz CT molecular complexity index is 1420. The van der Waals surface area contributed by atoms with Crippen molar-refractivity contribution < 1.29 is 13.9 Å². The fourth-order valence-corrected chi connectivity index (χ4v) is 5.49. The van der Waals surface area contributed by atoms with Gasteiger partial charge in [0.15, 0.2) is 0 Å². The summed E-state index contributed by atoms with van der Waals surface area (Å²) in [6.07, 6.45) is 5.23. The zero-order chi connectivity index (χ0) is 24.5. The average Bonchev–Trinajstić information content (AvgIpc) is 3.58. The molecule has 2 aromatic carbocycles. The van der Waals surface area contributed by atoms with Crippen molar-refractivity contribution in [1.82, 2.24) is 20.2 Å². The number of rotatable bonds is 6. The molecule has 3 heterocycles. The van der Waals surface area contributed by atoms with E-state index in [-0.39, 0.29) is 23.6 Å². The predicted octanol–water partition coefficient (Wildman–Crippen LogP) is 4.78. The third kappa shape index (κ3) is 4.15. The first-order chi connectivity index (χ1) is 17.7. The summed E-state index contributed by atoms with van der Waals surface area (Å²) < 4.78 is 11.1. The number of amides is 1. The molecule has 36 heavy (non-hydrogen) atoms. The van der Waals surface area contributed by atoms with Crippen molar-refractivity contribution in [3.05, 3.63) is 89.7 Å². The maximum absolute atomic E-state index is 13.5. The van der Waals surface area contributed by atoms with Gasteiger partial charge in [0.2, 0.25) is 5.89 Å². The van der Waals surface area contributed by atoms with Crippen LogP contribution in [0.1, 0.15) is 29.2 Å². The van der Waals surface area contributed by atoms with Gasteiger partial charge >= 0.3 is 0 Å². The van der Waals surface area contributed by atoms with Crippen LogP contribution in [0.2, 0.25) is 0 Å². The van der Waals surface area contributed by atoms with Gasteiger partial charge in [-0.05, 0) is 48.2 Å². The zero-order valence-electron chi connectivity index (χ0n) is 19.6. The highest BCUT2D eigenvalue weighted by atomic mass is 32.2. The van der Waals surface area contributed by atoms with Crippen molar-refractivity contribution in [2.75, 3.05) is 12.9 Å². The van der Waals surface area contributed by atoms with Crippen LogP contribution in [0.5, 0.6) is 5.75 Å². The second kappa shape index (κ2) is 9.58. The Morgan fingerprint density at radius 3 is 2.69 bits per heavy atom. The molecule has 2 unspecified atom stereocenters. The number of benzene rings is 2. The number of methoxy groups -OCH3 is 1. The molecule has 180 valence electrons. The number of hydrogen-bond donors (Lipinski definition) is 0. The van der Waals surface area contributed by atoms with Crippen LogP contribution in [0, 0.1) is 5.92 Å². The number of aromatic nitrogens is 3. The van der Waals surface area contributed by atoms with E-state index < -0.39 is 0 Å². The summed E-state index contributed by atoms with van der Waals surface area (Å²) in [6, 6.07) is 19.7. The Kier molecular flexibility index (Phi) is 5.98. The van der Waals surface area contributed by atoms with Crippen LogP contribution in [0.4, 0.5) is 0 Å². The highest BCUT2D eigenvalue weighted by Crippen LogP contribution is 2.44. The van der Waals surface area contributed by atoms with E-state index >= 15 is 0 Å². The van der Waals surface area contributed by atoms with Gasteiger partial charge in [-0.3, -0.25) is 9.78 Å². The number of hydrazone groups is 1. The standard InChI is InChI=1S/C27H23N5O3S/c1-34-20-9-6-18(7-10-20)25-22-11-8-17-4-2-3-5-21(17)24(22)31-32(25)23(33)16-36-27-30-29-26(35-27)19-12-14-28-15-13-19/h2-7,9-10,12-15,22,25H,8,11,16H2,1H3. The summed E-state index contributed by atoms with van der Waals surface area (Å²) in [7, 11) is 1.65. The molecule has 0 fully saturated rings. The van der Waals surface area contributed by atoms with Crippen molar-refractivity contribution in [2.24, 2.45) is 11.0 Å². The quantitative estimate of drug-likeness (QED) is 0.354. The van der Waals surface area contributed by atoms with Gasteiger partial charge in [-0.1, -0.05) is 48.2 Å². The molecule has 4 aromatic rings. The lowest BCUT2D eigenvalue weighted by atomic mass is 9.77. The van der Waals surface area contributed by atoms with E-state index in [2.05, 4.69) is 33.4 Å². The molecule has 0 N–H and O–H groups in total. The highest BCUT2D eigenvalue weighted by molar-refractivity contribution is 7.99. The Hall–Kier alpha value is -3.98. The second-order valence-corrected chi connectivity index (χ2v) is 9.57. The van der Waals surface area contributed by atoms with E-state index in [1.807, 2.05) is 30.3 Å². The summed E-state index contributed by atoms with van der Waals surface area (Å²) >= 11 is 1.22. The SMILES string of the molecule is COc1ccc(C2C3CCc4ccccc4C3=NN2C(=O)CSc2nnc(-c3ccncc3)o2)cc1. The normalized spacial score (nSPS) is 18.4. The maximum Gasteiger partial charge on any atom is 0.277 e. The Balaban J connectivity index is 1.26. The van der Waals surface area contributed by atoms with Crippen LogP contribution in [0.3, 0.4) is 0 Å². The highest BCUT2D eigenvalue weighted by Gasteiger charge is 2.43. The first kappa shape index (κ1) is 22.5. The van der Waals surface area contributed by atoms with Crippen LogP contribution in [-0.4, -0.2) is 44.7 Å². The first-order valence-electron chi connectivity index (χ1n) is 11.7. The number of carbonyl (C=O) groups is 1. The summed E-state index contributed by atoms with van der Waals surface area (Å²) in [5, 5.41) is 15.1. The molecule has 0 spiro atoms. The monoisotopic (exact) mass is 497 g/mol. The zero-order valence-corrected chi connectivity index (χ0v) is 20.4. The van der Waals surface area contributed by atoms with Gasteiger partial charge in [-0.25, -0.2) is 5.01 Å². The molecule has 1 aliphatic heterocycles. The summed E-state index contributed by atoms with van der Waals surface area (Å²) in [6.45, 7) is 0. The van der Waals surface area contributed by atoms with E-state index in [9.17, 15) is 4.79 Å². The molecule has 9 heteroatoms. The Labute approximate surface area is 212 Å². The molecule has 0 bridgehead atoms. The smallest absolute Gasteiger partial charge is 0.277 e. The topological polar surface area (TPSA) is 93.7 Å². The van der Waals surface area contributed by atoms with E-state index in [0.717, 1.165) is 41.0 Å². The number of thioether (sulfide) groups is 1. The lowest BCUT2D eigenvalue weighted by molar-refractivity contribution is -0.130. The van der Waals surface area contributed by atoms with E-state index in [0.29, 0.717) is 11.1 Å². The number of ether oxygens (including phenoxy) is 1. The van der Waals surface area contributed by atoms with Crippen LogP contribution in [0.15, 0.2) is 87.8 Å². The number of carbonyl (C=O) groups excluding carboxylic acids is 1. The number of hydrogen-bond acceptors (Lipinski definition) is 8. The van der Waals surface area contributed by atoms with Crippen LogP contribution < -0.4 is 4.74 Å². The van der Waals surface area contributed by atoms with E-state index in [4.69, 9.17) is 14.3 Å². The van der Waals surface area contributed by atoms with Gasteiger partial charge in [-0.2, -0.15) is 5.10 Å². The van der Waals surface area contributed by atoms with Crippen LogP contribution in [-0.2, 0) is 11.2 Å². The van der Waals surface area contributed by atoms with E-state index in [1.165, 1.54) is 17.3 Å². The number of nitrogens with zero attached hydrogens (tertiary/aromatic N) is 5. The molecular formula is C27H23N5O3S. The molecule has 1 aliphatic carbocycles. The lowest BCUT2D eigenvalue weighted by Crippen LogP contribution is -2.33. The van der Waals surface area contributed by atoms with E-state index in [1.54, 1.807) is 36.6 Å². The maximum atomic E-state index is 13.5. The van der Waals surface area contributed by atoms with Gasteiger partial charge in [-0.15, -0.1) is 10.2 Å². The number of pyridine rings is 1. The van der Waals surface area contributed by atoms with Crippen molar-refractivity contribution in [3.8, 4) is 17.2 Å².